The molecule has 0 amide bonds. The lowest BCUT2D eigenvalue weighted by Gasteiger charge is -2.37. The first-order valence-electron chi connectivity index (χ1n) is 10.4. The maximum atomic E-state index is 5.64. The van der Waals surface area contributed by atoms with E-state index in [4.69, 9.17) is 12.8 Å². The fraction of sp³-hybridized carbons (Fsp3) is 0.0968. The lowest BCUT2D eigenvalue weighted by Crippen LogP contribution is -2.31. The summed E-state index contributed by atoms with van der Waals surface area (Å²) in [5, 5.41) is 0. The summed E-state index contributed by atoms with van der Waals surface area (Å²) in [5.41, 5.74) is 8.41. The van der Waals surface area contributed by atoms with Crippen LogP contribution in [0, 0.1) is 38.5 Å². The average molecular weight is 397 g/mol. The average Bonchev–Trinajstić information content (AvgIpc) is 2.82. The molecule has 148 valence electrons. The van der Waals surface area contributed by atoms with E-state index in [1.807, 2.05) is 24.3 Å². The molecule has 0 unspecified atom stereocenters. The topological polar surface area (TPSA) is 0 Å². The Morgan fingerprint density at radius 2 is 0.710 bits per heavy atom. The van der Waals surface area contributed by atoms with Crippen LogP contribution in [-0.4, -0.2) is 0 Å². The minimum atomic E-state index is -0.498. The molecule has 0 saturated heterocycles. The number of hydrogen-bond donors (Lipinski definition) is 0. The molecule has 0 saturated carbocycles. The Morgan fingerprint density at radius 1 is 0.452 bits per heavy atom. The third-order valence-corrected chi connectivity index (χ3v) is 5.94. The van der Waals surface area contributed by atoms with Gasteiger partial charge in [-0.25, -0.2) is 0 Å². The van der Waals surface area contributed by atoms with Gasteiger partial charge in [0.05, 0.1) is 5.41 Å². The van der Waals surface area contributed by atoms with E-state index in [0.717, 1.165) is 22.3 Å². The summed E-state index contributed by atoms with van der Waals surface area (Å²) in [6.07, 6.45) is 11.3. The van der Waals surface area contributed by atoms with E-state index >= 15 is 0 Å². The summed E-state index contributed by atoms with van der Waals surface area (Å²) in [4.78, 5) is 0. The smallest absolute Gasteiger partial charge is 0.0701 e. The van der Waals surface area contributed by atoms with Crippen molar-refractivity contribution in [2.75, 3.05) is 0 Å². The van der Waals surface area contributed by atoms with Crippen molar-refractivity contribution in [2.45, 2.75) is 19.3 Å². The third-order valence-electron chi connectivity index (χ3n) is 5.94. The highest BCUT2D eigenvalue weighted by Gasteiger charge is 2.38. The van der Waals surface area contributed by atoms with E-state index in [2.05, 4.69) is 98.5 Å². The Morgan fingerprint density at radius 3 is 0.968 bits per heavy atom. The van der Waals surface area contributed by atoms with E-state index in [1.165, 1.54) is 22.3 Å². The van der Waals surface area contributed by atoms with Gasteiger partial charge in [-0.1, -0.05) is 95.8 Å². The van der Waals surface area contributed by atoms with Crippen molar-refractivity contribution in [1.29, 1.82) is 0 Å². The van der Waals surface area contributed by atoms with Gasteiger partial charge in [-0.15, -0.1) is 12.8 Å². The van der Waals surface area contributed by atoms with Gasteiger partial charge >= 0.3 is 0 Å². The summed E-state index contributed by atoms with van der Waals surface area (Å²) in [6, 6.07) is 34.2. The van der Waals surface area contributed by atoms with Crippen LogP contribution in [0.2, 0.25) is 0 Å². The molecule has 0 aliphatic rings. The lowest BCUT2D eigenvalue weighted by molar-refractivity contribution is 0.744. The van der Waals surface area contributed by atoms with Crippen LogP contribution in [0.5, 0.6) is 0 Å². The summed E-state index contributed by atoms with van der Waals surface area (Å²) < 4.78 is 0. The van der Waals surface area contributed by atoms with Gasteiger partial charge in [0.1, 0.15) is 0 Å². The second kappa shape index (κ2) is 8.39. The molecule has 0 heteroatoms. The zero-order valence-electron chi connectivity index (χ0n) is 17.9. The fourth-order valence-electron chi connectivity index (χ4n) is 4.24. The van der Waals surface area contributed by atoms with Crippen LogP contribution in [0.3, 0.4) is 0 Å². The minimum Gasteiger partial charge on any atom is -0.115 e. The Bertz CT molecular complexity index is 1150. The highest BCUT2D eigenvalue weighted by Crippen LogP contribution is 2.45. The van der Waals surface area contributed by atoms with Crippen LogP contribution in [-0.2, 0) is 5.41 Å². The lowest BCUT2D eigenvalue weighted by atomic mass is 9.65. The van der Waals surface area contributed by atoms with Gasteiger partial charge in [-0.2, -0.15) is 0 Å². The molecule has 0 bridgehead atoms. The molecule has 0 aromatic heterocycles. The predicted octanol–water partition coefficient (Wildman–Crippen LogP) is 6.65. The maximum Gasteiger partial charge on any atom is 0.0701 e. The van der Waals surface area contributed by atoms with Crippen LogP contribution >= 0.6 is 0 Å². The molecule has 0 heterocycles. The molecular weight excluding hydrogens is 372 g/mol. The standard InChI is InChI=1S/C31H24/c1-5-25-11-19-29(20-12-25)31(27-15-7-23(3)8-16-27,28-17-9-24(4)10-18-28)30-21-13-26(6-2)14-22-30/h1-2,7-22H,3-4H3. The van der Waals surface area contributed by atoms with Gasteiger partial charge in [-0.05, 0) is 60.4 Å². The molecule has 4 aromatic carbocycles. The first kappa shape index (κ1) is 20.3. The van der Waals surface area contributed by atoms with Crippen molar-refractivity contribution in [3.63, 3.8) is 0 Å². The van der Waals surface area contributed by atoms with E-state index in [9.17, 15) is 0 Å². The van der Waals surface area contributed by atoms with Crippen molar-refractivity contribution in [2.24, 2.45) is 0 Å². The van der Waals surface area contributed by atoms with Gasteiger partial charge in [0.25, 0.3) is 0 Å². The Labute approximate surface area is 185 Å². The molecule has 0 spiro atoms. The largest absolute Gasteiger partial charge is 0.115 e. The highest BCUT2D eigenvalue weighted by atomic mass is 14.4. The molecular formula is C31H24. The Balaban J connectivity index is 2.11. The molecule has 4 rings (SSSR count). The monoisotopic (exact) mass is 396 g/mol. The summed E-state index contributed by atoms with van der Waals surface area (Å²) in [7, 11) is 0. The fourth-order valence-corrected chi connectivity index (χ4v) is 4.24. The number of aryl methyl sites for hydroxylation is 2. The SMILES string of the molecule is C#Cc1ccc(C(c2ccc(C)cc2)(c2ccc(C)cc2)c2ccc(C#C)cc2)cc1. The summed E-state index contributed by atoms with van der Waals surface area (Å²) in [6.45, 7) is 4.22. The minimum absolute atomic E-state index is 0.498. The normalized spacial score (nSPS) is 10.8. The highest BCUT2D eigenvalue weighted by molar-refractivity contribution is 5.61. The van der Waals surface area contributed by atoms with Crippen molar-refractivity contribution < 1.29 is 0 Å². The van der Waals surface area contributed by atoms with Gasteiger partial charge in [0, 0.05) is 11.1 Å². The summed E-state index contributed by atoms with van der Waals surface area (Å²) in [5.74, 6) is 5.47. The van der Waals surface area contributed by atoms with Crippen molar-refractivity contribution in [1.82, 2.24) is 0 Å². The molecule has 0 nitrogen and oxygen atoms in total. The molecule has 0 aliphatic heterocycles. The van der Waals surface area contributed by atoms with Crippen molar-refractivity contribution >= 4 is 0 Å². The van der Waals surface area contributed by atoms with Crippen molar-refractivity contribution in [3.05, 3.63) is 142 Å². The summed E-state index contributed by atoms with van der Waals surface area (Å²) >= 11 is 0. The second-order valence-corrected chi connectivity index (χ2v) is 7.93. The second-order valence-electron chi connectivity index (χ2n) is 7.93. The zero-order valence-corrected chi connectivity index (χ0v) is 17.9. The molecule has 0 atom stereocenters. The van der Waals surface area contributed by atoms with E-state index in [0.29, 0.717) is 0 Å². The van der Waals surface area contributed by atoms with Gasteiger partial charge in [0.2, 0.25) is 0 Å². The maximum absolute atomic E-state index is 5.64. The third kappa shape index (κ3) is 3.66. The Kier molecular flexibility index (Phi) is 5.49. The molecule has 0 fully saturated rings. The van der Waals surface area contributed by atoms with Gasteiger partial charge in [-0.3, -0.25) is 0 Å². The number of hydrogen-bond acceptors (Lipinski definition) is 0. The van der Waals surface area contributed by atoms with Crippen LogP contribution in [0.4, 0.5) is 0 Å². The zero-order chi connectivity index (χ0) is 21.8. The Hall–Kier alpha value is -4.00. The number of rotatable bonds is 4. The van der Waals surface area contributed by atoms with E-state index in [1.54, 1.807) is 0 Å². The van der Waals surface area contributed by atoms with Crippen LogP contribution in [0.25, 0.3) is 0 Å². The molecule has 0 N–H and O–H groups in total. The quantitative estimate of drug-likeness (QED) is 0.268. The molecule has 4 aromatic rings. The van der Waals surface area contributed by atoms with Gasteiger partial charge < -0.3 is 0 Å². The predicted molar refractivity (Wildman–Crippen MR) is 130 cm³/mol. The van der Waals surface area contributed by atoms with Gasteiger partial charge in [0.15, 0.2) is 0 Å². The first-order valence-corrected chi connectivity index (χ1v) is 10.4. The van der Waals surface area contributed by atoms with Crippen LogP contribution < -0.4 is 0 Å². The van der Waals surface area contributed by atoms with E-state index in [-0.39, 0.29) is 0 Å². The molecule has 31 heavy (non-hydrogen) atoms. The van der Waals surface area contributed by atoms with Crippen molar-refractivity contribution in [3.8, 4) is 24.7 Å². The van der Waals surface area contributed by atoms with Crippen LogP contribution in [0.15, 0.2) is 97.1 Å². The van der Waals surface area contributed by atoms with E-state index < -0.39 is 5.41 Å². The number of terminal acetylenes is 2. The molecule has 0 radical (unpaired) electrons. The first-order chi connectivity index (χ1) is 15.1. The van der Waals surface area contributed by atoms with Crippen LogP contribution in [0.1, 0.15) is 44.5 Å². The number of benzene rings is 4. The molecule has 0 aliphatic carbocycles.